The van der Waals surface area contributed by atoms with Gasteiger partial charge in [0.05, 0.1) is 5.56 Å². The molecule has 0 saturated carbocycles. The van der Waals surface area contributed by atoms with Gasteiger partial charge in [-0.15, -0.1) is 0 Å². The van der Waals surface area contributed by atoms with Crippen molar-refractivity contribution >= 4 is 5.97 Å². The van der Waals surface area contributed by atoms with Crippen molar-refractivity contribution in [2.75, 3.05) is 0 Å². The fourth-order valence-electron chi connectivity index (χ4n) is 0.876. The second-order valence-corrected chi connectivity index (χ2v) is 2.32. The Morgan fingerprint density at radius 1 is 1.75 bits per heavy atom. The molecule has 6 nitrogen and oxygen atoms in total. The zero-order valence-electron chi connectivity index (χ0n) is 6.33. The van der Waals surface area contributed by atoms with E-state index in [1.807, 2.05) is 5.16 Å². The lowest BCUT2D eigenvalue weighted by atomic mass is 10.1. The van der Waals surface area contributed by atoms with E-state index in [-0.39, 0.29) is 11.3 Å². The molecule has 0 radical (unpaired) electrons. The molecule has 6 heteroatoms. The van der Waals surface area contributed by atoms with Crippen LogP contribution in [0.2, 0.25) is 0 Å². The number of aliphatic carboxylic acids is 1. The summed E-state index contributed by atoms with van der Waals surface area (Å²) in [5.41, 5.74) is 4.57. The molecule has 4 N–H and O–H groups in total. The van der Waals surface area contributed by atoms with Gasteiger partial charge in [-0.3, -0.25) is 9.59 Å². The third kappa shape index (κ3) is 1.24. The van der Waals surface area contributed by atoms with Gasteiger partial charge in [0, 0.05) is 0 Å². The van der Waals surface area contributed by atoms with Gasteiger partial charge >= 0.3 is 5.97 Å². The average Bonchev–Trinajstić information content (AvgIpc) is 2.30. The molecule has 1 aromatic heterocycles. The summed E-state index contributed by atoms with van der Waals surface area (Å²) >= 11 is 0. The molecule has 0 spiro atoms. The Hall–Kier alpha value is -1.56. The van der Waals surface area contributed by atoms with Crippen LogP contribution in [0.5, 0.6) is 0 Å². The van der Waals surface area contributed by atoms with E-state index in [0.717, 1.165) is 0 Å². The molecule has 12 heavy (non-hydrogen) atoms. The minimum Gasteiger partial charge on any atom is -0.480 e. The van der Waals surface area contributed by atoms with E-state index in [1.165, 1.54) is 6.92 Å². The van der Waals surface area contributed by atoms with E-state index in [0.29, 0.717) is 0 Å². The molecule has 1 rings (SSSR count). The van der Waals surface area contributed by atoms with E-state index in [4.69, 9.17) is 10.8 Å². The Balaban J connectivity index is 3.18. The Morgan fingerprint density at radius 2 is 2.33 bits per heavy atom. The van der Waals surface area contributed by atoms with E-state index < -0.39 is 17.6 Å². The molecule has 0 aliphatic carbocycles. The van der Waals surface area contributed by atoms with Crippen molar-refractivity contribution in [1.29, 1.82) is 0 Å². The SMILES string of the molecule is Cc1o[nH]c(=O)c1[C@H](N)C(=O)O. The molecule has 1 aromatic rings. The number of carbonyl (C=O) groups is 1. The van der Waals surface area contributed by atoms with Gasteiger partial charge in [0.1, 0.15) is 11.8 Å². The number of carboxylic acid groups (broad SMARTS) is 1. The maximum atomic E-state index is 10.9. The molecule has 0 aliphatic heterocycles. The van der Waals surface area contributed by atoms with Crippen molar-refractivity contribution in [3.8, 4) is 0 Å². The number of aryl methyl sites for hydroxylation is 1. The molecule has 0 amide bonds. The number of hydrogen-bond acceptors (Lipinski definition) is 4. The number of nitrogens with one attached hydrogen (secondary N) is 1. The monoisotopic (exact) mass is 172 g/mol. The molecular formula is C6H8N2O4. The summed E-state index contributed by atoms with van der Waals surface area (Å²) in [6.07, 6.45) is 0. The Morgan fingerprint density at radius 3 is 2.67 bits per heavy atom. The first-order valence-corrected chi connectivity index (χ1v) is 3.20. The number of rotatable bonds is 2. The fraction of sp³-hybridized carbons (Fsp3) is 0.333. The normalized spacial score (nSPS) is 12.8. The lowest BCUT2D eigenvalue weighted by Crippen LogP contribution is -2.26. The van der Waals surface area contributed by atoms with Gasteiger partial charge in [0.2, 0.25) is 0 Å². The molecule has 1 atom stereocenters. The number of carboxylic acids is 1. The molecule has 0 aliphatic rings. The van der Waals surface area contributed by atoms with Gasteiger partial charge in [-0.2, -0.15) is 5.16 Å². The molecule has 66 valence electrons. The van der Waals surface area contributed by atoms with Crippen LogP contribution in [0.25, 0.3) is 0 Å². The van der Waals surface area contributed by atoms with Gasteiger partial charge in [-0.05, 0) is 6.92 Å². The van der Waals surface area contributed by atoms with Crippen molar-refractivity contribution < 1.29 is 14.4 Å². The van der Waals surface area contributed by atoms with Crippen LogP contribution < -0.4 is 11.3 Å². The van der Waals surface area contributed by atoms with E-state index in [9.17, 15) is 9.59 Å². The summed E-state index contributed by atoms with van der Waals surface area (Å²) in [4.78, 5) is 21.3. The van der Waals surface area contributed by atoms with Crippen LogP contribution in [0.3, 0.4) is 0 Å². The van der Waals surface area contributed by atoms with Gasteiger partial charge in [0.25, 0.3) is 5.56 Å². The molecule has 0 bridgehead atoms. The van der Waals surface area contributed by atoms with Crippen molar-refractivity contribution in [2.45, 2.75) is 13.0 Å². The van der Waals surface area contributed by atoms with E-state index >= 15 is 0 Å². The van der Waals surface area contributed by atoms with Crippen LogP contribution in [0, 0.1) is 6.92 Å². The highest BCUT2D eigenvalue weighted by atomic mass is 16.5. The minimum absolute atomic E-state index is 0.0394. The van der Waals surface area contributed by atoms with Crippen LogP contribution in [-0.2, 0) is 4.79 Å². The van der Waals surface area contributed by atoms with Crippen molar-refractivity contribution in [3.63, 3.8) is 0 Å². The number of H-pyrrole nitrogens is 1. The maximum absolute atomic E-state index is 10.9. The van der Waals surface area contributed by atoms with Crippen LogP contribution in [-0.4, -0.2) is 16.2 Å². The van der Waals surface area contributed by atoms with Gasteiger partial charge in [0.15, 0.2) is 0 Å². The molecule has 0 saturated heterocycles. The first-order valence-electron chi connectivity index (χ1n) is 3.20. The van der Waals surface area contributed by atoms with E-state index in [1.54, 1.807) is 0 Å². The first kappa shape index (κ1) is 8.54. The maximum Gasteiger partial charge on any atom is 0.325 e. The molecule has 0 unspecified atom stereocenters. The highest BCUT2D eigenvalue weighted by Gasteiger charge is 2.22. The third-order valence-corrected chi connectivity index (χ3v) is 1.50. The van der Waals surface area contributed by atoms with E-state index in [2.05, 4.69) is 4.52 Å². The summed E-state index contributed by atoms with van der Waals surface area (Å²) in [6, 6.07) is -1.33. The predicted molar refractivity (Wildman–Crippen MR) is 38.6 cm³/mol. The zero-order chi connectivity index (χ0) is 9.30. The van der Waals surface area contributed by atoms with Crippen molar-refractivity contribution in [2.24, 2.45) is 5.73 Å². The van der Waals surface area contributed by atoms with Crippen LogP contribution in [0.4, 0.5) is 0 Å². The summed E-state index contributed by atoms with van der Waals surface area (Å²) in [5, 5.41) is 10.5. The van der Waals surface area contributed by atoms with Crippen LogP contribution >= 0.6 is 0 Å². The second-order valence-electron chi connectivity index (χ2n) is 2.32. The summed E-state index contributed by atoms with van der Waals surface area (Å²) in [5.74, 6) is -1.06. The molecule has 0 aromatic carbocycles. The van der Waals surface area contributed by atoms with Gasteiger partial charge < -0.3 is 15.4 Å². The number of aromatic amines is 1. The third-order valence-electron chi connectivity index (χ3n) is 1.50. The quantitative estimate of drug-likeness (QED) is 0.549. The predicted octanol–water partition coefficient (Wildman–Crippen LogP) is -0.639. The Kier molecular flexibility index (Phi) is 2.01. The molecule has 1 heterocycles. The number of hydrogen-bond donors (Lipinski definition) is 3. The molecule has 0 fully saturated rings. The molecular weight excluding hydrogens is 164 g/mol. The standard InChI is InChI=1S/C6H8N2O4/c1-2-3(4(7)6(10)11)5(9)8-12-2/h4H,7H2,1H3,(H,8,9)(H,10,11)/t4-/m0/s1. The smallest absolute Gasteiger partial charge is 0.325 e. The average molecular weight is 172 g/mol. The second kappa shape index (κ2) is 2.82. The number of nitrogens with two attached hydrogens (primary N) is 1. The first-order chi connectivity index (χ1) is 5.54. The lowest BCUT2D eigenvalue weighted by Gasteiger charge is -2.00. The summed E-state index contributed by atoms with van der Waals surface area (Å²) in [7, 11) is 0. The Bertz CT molecular complexity index is 351. The van der Waals surface area contributed by atoms with Crippen molar-refractivity contribution in [1.82, 2.24) is 5.16 Å². The van der Waals surface area contributed by atoms with Crippen LogP contribution in [0.1, 0.15) is 17.4 Å². The zero-order valence-corrected chi connectivity index (χ0v) is 6.33. The highest BCUT2D eigenvalue weighted by molar-refractivity contribution is 5.75. The van der Waals surface area contributed by atoms with Gasteiger partial charge in [-0.25, -0.2) is 0 Å². The largest absolute Gasteiger partial charge is 0.480 e. The lowest BCUT2D eigenvalue weighted by molar-refractivity contribution is -0.138. The summed E-state index contributed by atoms with van der Waals surface area (Å²) in [6.45, 7) is 1.47. The fourth-order valence-corrected chi connectivity index (χ4v) is 0.876. The van der Waals surface area contributed by atoms with Crippen LogP contribution in [0.15, 0.2) is 9.32 Å². The minimum atomic E-state index is -1.33. The van der Waals surface area contributed by atoms with Crippen molar-refractivity contribution in [3.05, 3.63) is 21.7 Å². The topological polar surface area (TPSA) is 109 Å². The van der Waals surface area contributed by atoms with Gasteiger partial charge in [-0.1, -0.05) is 0 Å². The summed E-state index contributed by atoms with van der Waals surface area (Å²) < 4.78 is 4.59. The highest BCUT2D eigenvalue weighted by Crippen LogP contribution is 2.09. The number of aromatic nitrogens is 1. The Labute approximate surface area is 66.9 Å².